The predicted molar refractivity (Wildman–Crippen MR) is 92.7 cm³/mol. The summed E-state index contributed by atoms with van der Waals surface area (Å²) in [6, 6.07) is 5.02. The van der Waals surface area contributed by atoms with Crippen LogP contribution < -0.4 is 14.8 Å². The molecule has 2 bridgehead atoms. The number of likely N-dealkylation sites (tertiary alicyclic amines) is 1. The van der Waals surface area contributed by atoms with Gasteiger partial charge in [0.15, 0.2) is 0 Å². The van der Waals surface area contributed by atoms with Gasteiger partial charge in [-0.1, -0.05) is 0 Å². The number of imide groups is 1. The number of fused-ring (bicyclic) bond motifs is 5. The first-order chi connectivity index (χ1) is 12.5. The van der Waals surface area contributed by atoms with Crippen LogP contribution in [0.3, 0.4) is 0 Å². The lowest BCUT2D eigenvalue weighted by Gasteiger charge is -2.19. The summed E-state index contributed by atoms with van der Waals surface area (Å²) in [5.74, 6) is 0.511. The van der Waals surface area contributed by atoms with Crippen LogP contribution >= 0.6 is 0 Å². The second kappa shape index (κ2) is 6.30. The van der Waals surface area contributed by atoms with Crippen LogP contribution in [0.25, 0.3) is 0 Å². The van der Waals surface area contributed by atoms with E-state index in [1.54, 1.807) is 25.3 Å². The molecule has 7 nitrogen and oxygen atoms in total. The number of benzene rings is 1. The van der Waals surface area contributed by atoms with Crippen LogP contribution in [0.2, 0.25) is 0 Å². The Kier molecular flexibility index (Phi) is 4.09. The summed E-state index contributed by atoms with van der Waals surface area (Å²) < 4.78 is 10.4. The summed E-state index contributed by atoms with van der Waals surface area (Å²) in [5, 5.41) is 2.72. The maximum atomic E-state index is 12.7. The molecular weight excluding hydrogens is 336 g/mol. The molecule has 3 amide bonds. The number of methoxy groups -OCH3 is 2. The van der Waals surface area contributed by atoms with E-state index in [1.807, 2.05) is 0 Å². The SMILES string of the molecule is COc1ccc(NC(=O)CN2C(=O)[C@@H]3[C@@H]4CC[C@@H](C4)[C@@H]3C2=O)c(OC)c1. The van der Waals surface area contributed by atoms with Crippen molar-refractivity contribution in [2.45, 2.75) is 19.3 Å². The number of carbonyl (C=O) groups is 3. The third-order valence-corrected chi connectivity index (χ3v) is 6.00. The molecule has 0 spiro atoms. The largest absolute Gasteiger partial charge is 0.497 e. The molecule has 0 radical (unpaired) electrons. The number of nitrogens with one attached hydrogen (secondary N) is 1. The molecule has 0 aromatic heterocycles. The fourth-order valence-corrected chi connectivity index (χ4v) is 4.86. The fourth-order valence-electron chi connectivity index (χ4n) is 4.86. The van der Waals surface area contributed by atoms with Crippen molar-refractivity contribution >= 4 is 23.4 Å². The average molecular weight is 358 g/mol. The Labute approximate surface area is 151 Å². The summed E-state index contributed by atoms with van der Waals surface area (Å²) in [5.41, 5.74) is 0.470. The van der Waals surface area contributed by atoms with Gasteiger partial charge in [0.1, 0.15) is 18.0 Å². The molecule has 1 heterocycles. The number of ether oxygens (including phenoxy) is 2. The van der Waals surface area contributed by atoms with Gasteiger partial charge in [-0.25, -0.2) is 0 Å². The molecule has 1 aromatic rings. The van der Waals surface area contributed by atoms with E-state index in [1.165, 1.54) is 7.11 Å². The number of nitrogens with zero attached hydrogens (tertiary/aromatic N) is 1. The lowest BCUT2D eigenvalue weighted by molar-refractivity contribution is -0.143. The minimum absolute atomic E-state index is 0.177. The molecule has 7 heteroatoms. The third kappa shape index (κ3) is 2.53. The molecule has 3 fully saturated rings. The van der Waals surface area contributed by atoms with Crippen molar-refractivity contribution in [1.82, 2.24) is 4.90 Å². The highest BCUT2D eigenvalue weighted by molar-refractivity contribution is 6.09. The van der Waals surface area contributed by atoms with Crippen molar-refractivity contribution in [2.24, 2.45) is 23.7 Å². The van der Waals surface area contributed by atoms with Gasteiger partial charge in [-0.05, 0) is 43.2 Å². The number of hydrogen-bond acceptors (Lipinski definition) is 5. The van der Waals surface area contributed by atoms with Gasteiger partial charge >= 0.3 is 0 Å². The zero-order valence-electron chi connectivity index (χ0n) is 14.9. The highest BCUT2D eigenvalue weighted by Crippen LogP contribution is 2.56. The first-order valence-corrected chi connectivity index (χ1v) is 8.90. The zero-order valence-corrected chi connectivity index (χ0v) is 14.9. The highest BCUT2D eigenvalue weighted by Gasteiger charge is 2.60. The zero-order chi connectivity index (χ0) is 18.4. The molecule has 1 N–H and O–H groups in total. The van der Waals surface area contributed by atoms with Crippen LogP contribution in [0.1, 0.15) is 19.3 Å². The Morgan fingerprint density at radius 3 is 2.35 bits per heavy atom. The molecule has 2 saturated carbocycles. The molecular formula is C19H22N2O5. The Morgan fingerprint density at radius 2 is 1.77 bits per heavy atom. The first-order valence-electron chi connectivity index (χ1n) is 8.90. The van der Waals surface area contributed by atoms with Crippen molar-refractivity contribution in [2.75, 3.05) is 26.1 Å². The number of carbonyl (C=O) groups excluding carboxylic acids is 3. The minimum Gasteiger partial charge on any atom is -0.497 e. The minimum atomic E-state index is -0.414. The molecule has 1 aromatic carbocycles. The normalized spacial score (nSPS) is 29.1. The van der Waals surface area contributed by atoms with Gasteiger partial charge in [-0.15, -0.1) is 0 Å². The van der Waals surface area contributed by atoms with Crippen molar-refractivity contribution < 1.29 is 23.9 Å². The topological polar surface area (TPSA) is 84.9 Å². The summed E-state index contributed by atoms with van der Waals surface area (Å²) in [4.78, 5) is 38.9. The van der Waals surface area contributed by atoms with Crippen LogP contribution in [-0.4, -0.2) is 43.4 Å². The lowest BCUT2D eigenvalue weighted by atomic mass is 9.81. The molecule has 4 rings (SSSR count). The molecule has 0 unspecified atom stereocenters. The van der Waals surface area contributed by atoms with E-state index in [4.69, 9.17) is 9.47 Å². The van der Waals surface area contributed by atoms with E-state index >= 15 is 0 Å². The smallest absolute Gasteiger partial charge is 0.244 e. The number of hydrogen-bond donors (Lipinski definition) is 1. The number of rotatable bonds is 5. The van der Waals surface area contributed by atoms with Crippen LogP contribution in [-0.2, 0) is 14.4 Å². The average Bonchev–Trinajstić information content (AvgIpc) is 3.32. The Balaban J connectivity index is 1.46. The summed E-state index contributed by atoms with van der Waals surface area (Å²) in [6.45, 7) is -0.251. The molecule has 1 saturated heterocycles. The molecule has 138 valence electrons. The Morgan fingerprint density at radius 1 is 1.12 bits per heavy atom. The molecule has 3 aliphatic rings. The monoisotopic (exact) mass is 358 g/mol. The van der Waals surface area contributed by atoms with Crippen LogP contribution in [0.5, 0.6) is 11.5 Å². The number of anilines is 1. The summed E-state index contributed by atoms with van der Waals surface area (Å²) in [6.07, 6.45) is 3.03. The molecule has 4 atom stereocenters. The van der Waals surface area contributed by atoms with Gasteiger partial charge < -0.3 is 14.8 Å². The highest BCUT2D eigenvalue weighted by atomic mass is 16.5. The summed E-state index contributed by atoms with van der Waals surface area (Å²) in [7, 11) is 3.04. The van der Waals surface area contributed by atoms with Crippen LogP contribution in [0.4, 0.5) is 5.69 Å². The van der Waals surface area contributed by atoms with Crippen LogP contribution in [0.15, 0.2) is 18.2 Å². The molecule has 1 aliphatic heterocycles. The Bertz CT molecular complexity index is 749. The third-order valence-electron chi connectivity index (χ3n) is 6.00. The van der Waals surface area contributed by atoms with E-state index in [9.17, 15) is 14.4 Å². The first kappa shape index (κ1) is 16.9. The standard InChI is InChI=1S/C19H22N2O5/c1-25-12-5-6-13(14(8-12)26-2)20-15(22)9-21-18(23)16-10-3-4-11(7-10)17(16)19(21)24/h5-6,8,10-11,16-17H,3-4,7,9H2,1-2H3,(H,20,22)/t10-,11+,16-,17+. The van der Waals surface area contributed by atoms with Gasteiger partial charge in [-0.3, -0.25) is 19.3 Å². The van der Waals surface area contributed by atoms with Crippen molar-refractivity contribution in [1.29, 1.82) is 0 Å². The summed E-state index contributed by atoms with van der Waals surface area (Å²) >= 11 is 0. The van der Waals surface area contributed by atoms with E-state index in [0.29, 0.717) is 29.0 Å². The van der Waals surface area contributed by atoms with Gasteiger partial charge in [0.25, 0.3) is 0 Å². The van der Waals surface area contributed by atoms with Crippen LogP contribution in [0, 0.1) is 23.7 Å². The fraction of sp³-hybridized carbons (Fsp3) is 0.526. The Hall–Kier alpha value is -2.57. The maximum absolute atomic E-state index is 12.7. The van der Waals surface area contributed by atoms with Gasteiger partial charge in [0.2, 0.25) is 17.7 Å². The van der Waals surface area contributed by atoms with E-state index in [2.05, 4.69) is 5.32 Å². The van der Waals surface area contributed by atoms with E-state index in [-0.39, 0.29) is 30.2 Å². The van der Waals surface area contributed by atoms with Gasteiger partial charge in [0, 0.05) is 6.07 Å². The van der Waals surface area contributed by atoms with E-state index in [0.717, 1.165) is 24.2 Å². The second-order valence-corrected chi connectivity index (χ2v) is 7.26. The molecule has 26 heavy (non-hydrogen) atoms. The van der Waals surface area contributed by atoms with Gasteiger partial charge in [-0.2, -0.15) is 0 Å². The van der Waals surface area contributed by atoms with Gasteiger partial charge in [0.05, 0.1) is 31.7 Å². The van der Waals surface area contributed by atoms with Crippen molar-refractivity contribution in [3.8, 4) is 11.5 Å². The predicted octanol–water partition coefficient (Wildman–Crippen LogP) is 1.67. The lowest BCUT2D eigenvalue weighted by Crippen LogP contribution is -2.39. The molecule has 2 aliphatic carbocycles. The van der Waals surface area contributed by atoms with E-state index < -0.39 is 5.91 Å². The number of amides is 3. The van der Waals surface area contributed by atoms with Crippen molar-refractivity contribution in [3.05, 3.63) is 18.2 Å². The van der Waals surface area contributed by atoms with Crippen molar-refractivity contribution in [3.63, 3.8) is 0 Å². The maximum Gasteiger partial charge on any atom is 0.244 e. The quantitative estimate of drug-likeness (QED) is 0.810. The second-order valence-electron chi connectivity index (χ2n) is 7.26.